The molecule has 0 aliphatic heterocycles. The van der Waals surface area contributed by atoms with Crippen molar-refractivity contribution < 1.29 is 13.3 Å². The monoisotopic (exact) mass is 296 g/mol. The Morgan fingerprint density at radius 1 is 1.27 bits per heavy atom. The third-order valence-electron chi connectivity index (χ3n) is 2.39. The molecular weight excluding hydrogens is 285 g/mol. The summed E-state index contributed by atoms with van der Waals surface area (Å²) in [5.41, 5.74) is -0.697. The third-order valence-corrected chi connectivity index (χ3v) is 4.98. The Labute approximate surface area is 96.4 Å². The first kappa shape index (κ1) is 12.9. The van der Waals surface area contributed by atoms with Gasteiger partial charge in [0, 0.05) is 15.7 Å². The molecule has 0 aliphatic rings. The van der Waals surface area contributed by atoms with Crippen LogP contribution in [-0.4, -0.2) is 13.3 Å². The summed E-state index contributed by atoms with van der Waals surface area (Å²) in [5.74, 6) is -1.31. The molecule has 0 saturated heterocycles. The second-order valence-corrected chi connectivity index (χ2v) is 8.45. The number of benzene rings is 1. The highest BCUT2D eigenvalue weighted by atomic mass is 79.9. The fourth-order valence-electron chi connectivity index (χ4n) is 1.26. The van der Waals surface area contributed by atoms with Gasteiger partial charge < -0.3 is 4.57 Å². The van der Waals surface area contributed by atoms with Crippen molar-refractivity contribution in [3.63, 3.8) is 0 Å². The van der Waals surface area contributed by atoms with Gasteiger partial charge in [-0.05, 0) is 25.5 Å². The van der Waals surface area contributed by atoms with Gasteiger partial charge in [-0.15, -0.1) is 0 Å². The van der Waals surface area contributed by atoms with E-state index in [1.54, 1.807) is 6.92 Å². The molecule has 0 saturated carbocycles. The van der Waals surface area contributed by atoms with Crippen molar-refractivity contribution in [2.75, 3.05) is 13.3 Å². The van der Waals surface area contributed by atoms with Crippen molar-refractivity contribution in [3.05, 3.63) is 33.8 Å². The van der Waals surface area contributed by atoms with Crippen molar-refractivity contribution in [3.8, 4) is 0 Å². The first-order valence-corrected chi connectivity index (χ1v) is 7.89. The summed E-state index contributed by atoms with van der Waals surface area (Å²) in [6.45, 7) is 4.63. The van der Waals surface area contributed by atoms with Crippen LogP contribution in [-0.2, 0) is 4.57 Å². The molecule has 1 aromatic carbocycles. The summed E-state index contributed by atoms with van der Waals surface area (Å²) in [4.78, 5) is 0. The van der Waals surface area contributed by atoms with E-state index < -0.39 is 24.4 Å². The zero-order valence-corrected chi connectivity index (χ0v) is 11.2. The molecule has 84 valence electrons. The zero-order valence-electron chi connectivity index (χ0n) is 8.72. The highest BCUT2D eigenvalue weighted by Gasteiger charge is 2.26. The normalized spacial score (nSPS) is 14.0. The molecule has 0 spiro atoms. The molecule has 15 heavy (non-hydrogen) atoms. The third kappa shape index (κ3) is 2.88. The van der Waals surface area contributed by atoms with E-state index >= 15 is 0 Å². The van der Waals surface area contributed by atoms with Crippen LogP contribution in [0.3, 0.4) is 0 Å². The minimum absolute atomic E-state index is 0.0912. The van der Waals surface area contributed by atoms with E-state index in [0.717, 1.165) is 0 Å². The lowest BCUT2D eigenvalue weighted by Crippen LogP contribution is -2.01. The molecule has 1 nitrogen and oxygen atoms in total. The van der Waals surface area contributed by atoms with Crippen LogP contribution in [0.4, 0.5) is 8.78 Å². The minimum Gasteiger partial charge on any atom is -0.324 e. The molecule has 0 heterocycles. The highest BCUT2D eigenvalue weighted by molar-refractivity contribution is 9.10. The Balaban J connectivity index is 3.32. The van der Waals surface area contributed by atoms with Crippen molar-refractivity contribution >= 4 is 23.1 Å². The van der Waals surface area contributed by atoms with Crippen LogP contribution in [0.5, 0.6) is 0 Å². The number of rotatable bonds is 2. The van der Waals surface area contributed by atoms with Crippen LogP contribution in [0.1, 0.15) is 18.1 Å². The number of hydrogen-bond donors (Lipinski definition) is 0. The average molecular weight is 297 g/mol. The maximum Gasteiger partial charge on any atom is 0.131 e. The predicted octanol–water partition coefficient (Wildman–Crippen LogP) is 4.41. The lowest BCUT2D eigenvalue weighted by atomic mass is 10.1. The van der Waals surface area contributed by atoms with E-state index in [9.17, 15) is 13.3 Å². The van der Waals surface area contributed by atoms with Gasteiger partial charge in [-0.3, -0.25) is 0 Å². The maximum absolute atomic E-state index is 13.5. The second-order valence-electron chi connectivity index (χ2n) is 3.89. The molecule has 0 bridgehead atoms. The zero-order chi connectivity index (χ0) is 11.8. The van der Waals surface area contributed by atoms with E-state index in [1.165, 1.54) is 25.5 Å². The van der Waals surface area contributed by atoms with Gasteiger partial charge in [-0.2, -0.15) is 0 Å². The van der Waals surface area contributed by atoms with Crippen molar-refractivity contribution in [1.82, 2.24) is 0 Å². The number of hydrogen-bond acceptors (Lipinski definition) is 1. The Kier molecular flexibility index (Phi) is 3.72. The van der Waals surface area contributed by atoms with E-state index in [1.807, 2.05) is 0 Å². The van der Waals surface area contributed by atoms with Crippen LogP contribution in [0.2, 0.25) is 0 Å². The molecule has 1 aromatic rings. The van der Waals surface area contributed by atoms with Crippen LogP contribution < -0.4 is 0 Å². The Bertz CT molecular complexity index is 404. The molecule has 1 rings (SSSR count). The molecule has 0 N–H and O–H groups in total. The standard InChI is InChI=1S/C10H12BrF2OP/c1-6(15(2,3)14)10-8(12)4-7(11)5-9(10)13/h4-6H,1-3H3. The molecule has 0 aromatic heterocycles. The fourth-order valence-corrected chi connectivity index (χ4v) is 2.53. The fraction of sp³-hybridized carbons (Fsp3) is 0.400. The molecule has 0 amide bonds. The highest BCUT2D eigenvalue weighted by Crippen LogP contribution is 2.53. The minimum atomic E-state index is -2.54. The van der Waals surface area contributed by atoms with Gasteiger partial charge in [0.1, 0.15) is 11.6 Å². The Morgan fingerprint density at radius 2 is 1.67 bits per heavy atom. The summed E-state index contributed by atoms with van der Waals surface area (Å²) in [7, 11) is -2.54. The van der Waals surface area contributed by atoms with E-state index in [-0.39, 0.29) is 5.56 Å². The predicted molar refractivity (Wildman–Crippen MR) is 61.9 cm³/mol. The van der Waals surface area contributed by atoms with E-state index in [2.05, 4.69) is 15.9 Å². The van der Waals surface area contributed by atoms with E-state index in [0.29, 0.717) is 4.47 Å². The lowest BCUT2D eigenvalue weighted by molar-refractivity contribution is 0.541. The van der Waals surface area contributed by atoms with Crippen LogP contribution >= 0.6 is 23.1 Å². The van der Waals surface area contributed by atoms with Crippen LogP contribution in [0.15, 0.2) is 16.6 Å². The van der Waals surface area contributed by atoms with Gasteiger partial charge in [-0.1, -0.05) is 22.9 Å². The molecule has 0 aliphatic carbocycles. The van der Waals surface area contributed by atoms with Crippen molar-refractivity contribution in [2.45, 2.75) is 12.6 Å². The summed E-state index contributed by atoms with van der Waals surface area (Å²) in [5, 5.41) is 0. The average Bonchev–Trinajstić information content (AvgIpc) is 1.99. The molecule has 0 radical (unpaired) electrons. The van der Waals surface area contributed by atoms with Crippen LogP contribution in [0, 0.1) is 11.6 Å². The lowest BCUT2D eigenvalue weighted by Gasteiger charge is -2.18. The number of halogens is 3. The molecule has 5 heteroatoms. The summed E-state index contributed by atoms with van der Waals surface area (Å²) in [6.07, 6.45) is 0. The largest absolute Gasteiger partial charge is 0.324 e. The van der Waals surface area contributed by atoms with Gasteiger partial charge in [0.25, 0.3) is 0 Å². The molecule has 1 unspecified atom stereocenters. The topological polar surface area (TPSA) is 17.1 Å². The van der Waals surface area contributed by atoms with Gasteiger partial charge in [0.05, 0.1) is 7.14 Å². The maximum atomic E-state index is 13.5. The summed E-state index contributed by atoms with van der Waals surface area (Å²) < 4.78 is 39.1. The van der Waals surface area contributed by atoms with Crippen molar-refractivity contribution in [2.24, 2.45) is 0 Å². The van der Waals surface area contributed by atoms with Gasteiger partial charge in [0.2, 0.25) is 0 Å². The smallest absolute Gasteiger partial charge is 0.131 e. The second kappa shape index (κ2) is 4.34. The molecular formula is C10H12BrF2OP. The summed E-state index contributed by atoms with van der Waals surface area (Å²) >= 11 is 3.00. The van der Waals surface area contributed by atoms with Gasteiger partial charge >= 0.3 is 0 Å². The van der Waals surface area contributed by atoms with Gasteiger partial charge in [-0.25, -0.2) is 8.78 Å². The Hall–Kier alpha value is -0.210. The summed E-state index contributed by atoms with van der Waals surface area (Å²) in [6, 6.07) is 2.37. The SMILES string of the molecule is CC(c1c(F)cc(Br)cc1F)P(C)(C)=O. The first-order valence-electron chi connectivity index (χ1n) is 4.42. The Morgan fingerprint density at radius 3 is 2.00 bits per heavy atom. The molecule has 0 fully saturated rings. The molecule has 1 atom stereocenters. The van der Waals surface area contributed by atoms with Gasteiger partial charge in [0.15, 0.2) is 0 Å². The first-order chi connectivity index (χ1) is 6.73. The van der Waals surface area contributed by atoms with Crippen LogP contribution in [0.25, 0.3) is 0 Å². The van der Waals surface area contributed by atoms with Crippen molar-refractivity contribution in [1.29, 1.82) is 0 Å². The quantitative estimate of drug-likeness (QED) is 0.739. The van der Waals surface area contributed by atoms with E-state index in [4.69, 9.17) is 0 Å².